The Balaban J connectivity index is 1.61. The zero-order valence-corrected chi connectivity index (χ0v) is 15.2. The number of carboxylic acid groups (broad SMARTS) is 1. The van der Waals surface area contributed by atoms with Crippen LogP contribution >= 0.6 is 0 Å². The number of carbonyl (C=O) groups excluding carboxylic acids is 1. The molecule has 146 valence electrons. The number of benzene rings is 2. The van der Waals surface area contributed by atoms with Gasteiger partial charge in [0.05, 0.1) is 23.9 Å². The van der Waals surface area contributed by atoms with E-state index in [1.807, 2.05) is 4.72 Å². The van der Waals surface area contributed by atoms with Gasteiger partial charge in [-0.25, -0.2) is 14.3 Å². The minimum Gasteiger partial charge on any atom is -0.493 e. The fourth-order valence-electron chi connectivity index (χ4n) is 2.51. The second-order valence-corrected chi connectivity index (χ2v) is 7.57. The van der Waals surface area contributed by atoms with Crippen LogP contribution in [-0.2, 0) is 28.1 Å². The van der Waals surface area contributed by atoms with Gasteiger partial charge in [-0.1, -0.05) is 24.3 Å². The molecule has 1 aliphatic rings. The number of nitrogens with zero attached hydrogens (tertiary/aromatic N) is 1. The van der Waals surface area contributed by atoms with E-state index >= 15 is 0 Å². The van der Waals surface area contributed by atoms with Crippen LogP contribution in [0, 0.1) is 0 Å². The Hall–Kier alpha value is -3.53. The predicted octanol–water partition coefficient (Wildman–Crippen LogP) is 1.75. The van der Waals surface area contributed by atoms with E-state index in [-0.39, 0.29) is 24.3 Å². The first-order valence-electron chi connectivity index (χ1n) is 8.03. The lowest BCUT2D eigenvalue weighted by Gasteiger charge is -2.14. The third-order valence-corrected chi connectivity index (χ3v) is 5.20. The average molecular weight is 404 g/mol. The number of aliphatic hydroxyl groups excluding tert-OH is 1. The van der Waals surface area contributed by atoms with Gasteiger partial charge in [0.25, 0.3) is 0 Å². The van der Waals surface area contributed by atoms with Gasteiger partial charge in [-0.3, -0.25) is 4.31 Å². The van der Waals surface area contributed by atoms with E-state index in [1.165, 1.54) is 24.3 Å². The molecule has 0 amide bonds. The number of hydrogen-bond acceptors (Lipinski definition) is 6. The van der Waals surface area contributed by atoms with Crippen molar-refractivity contribution in [3.8, 4) is 0 Å². The standard InChI is InChI=1S/C18H16N2O7S/c21-16-10-20(28(25,26)19-16)9-12-4-6-14(7-5-12)18(24)27-11-13-2-1-3-15(8-13)17(22)23/h1-8,10,19,21H,9,11H2,(H,22,23). The summed E-state index contributed by atoms with van der Waals surface area (Å²) in [4.78, 5) is 23.1. The molecule has 1 heterocycles. The Bertz CT molecular complexity index is 1050. The monoisotopic (exact) mass is 404 g/mol. The SMILES string of the molecule is O=C(O)c1cccc(COC(=O)c2ccc(CN3C=C(O)NS3(=O)=O)cc2)c1. The molecular weight excluding hydrogens is 388 g/mol. The molecule has 0 saturated heterocycles. The number of hydrogen-bond donors (Lipinski definition) is 3. The third kappa shape index (κ3) is 4.41. The predicted molar refractivity (Wildman–Crippen MR) is 97.3 cm³/mol. The molecular formula is C18H16N2O7S. The van der Waals surface area contributed by atoms with Crippen LogP contribution < -0.4 is 4.72 Å². The molecule has 0 unspecified atom stereocenters. The second kappa shape index (κ2) is 7.61. The van der Waals surface area contributed by atoms with Crippen LogP contribution in [0.15, 0.2) is 60.6 Å². The van der Waals surface area contributed by atoms with E-state index in [0.29, 0.717) is 11.1 Å². The lowest BCUT2D eigenvalue weighted by atomic mass is 10.1. The Morgan fingerprint density at radius 2 is 1.75 bits per heavy atom. The first-order chi connectivity index (χ1) is 13.2. The molecule has 0 radical (unpaired) electrons. The minimum atomic E-state index is -3.80. The molecule has 0 fully saturated rings. The Labute approximate surface area is 160 Å². The number of rotatable bonds is 6. The zero-order chi connectivity index (χ0) is 20.3. The van der Waals surface area contributed by atoms with Crippen LogP contribution in [0.2, 0.25) is 0 Å². The molecule has 2 aromatic rings. The van der Waals surface area contributed by atoms with E-state index in [9.17, 15) is 23.1 Å². The van der Waals surface area contributed by atoms with E-state index in [0.717, 1.165) is 10.5 Å². The maximum absolute atomic E-state index is 12.1. The second-order valence-electron chi connectivity index (χ2n) is 5.95. The molecule has 3 N–H and O–H groups in total. The summed E-state index contributed by atoms with van der Waals surface area (Å²) >= 11 is 0. The van der Waals surface area contributed by atoms with Crippen molar-refractivity contribution in [2.75, 3.05) is 0 Å². The van der Waals surface area contributed by atoms with Gasteiger partial charge in [-0.15, -0.1) is 0 Å². The van der Waals surface area contributed by atoms with Gasteiger partial charge in [0.15, 0.2) is 0 Å². The fourth-order valence-corrected chi connectivity index (χ4v) is 3.50. The lowest BCUT2D eigenvalue weighted by molar-refractivity contribution is 0.0472. The Morgan fingerprint density at radius 1 is 1.04 bits per heavy atom. The number of carbonyl (C=O) groups is 2. The normalized spacial score (nSPS) is 14.9. The molecule has 10 heteroatoms. The number of carboxylic acids is 1. The highest BCUT2D eigenvalue weighted by molar-refractivity contribution is 7.87. The number of esters is 1. The molecule has 3 rings (SSSR count). The number of aromatic carboxylic acids is 1. The summed E-state index contributed by atoms with van der Waals surface area (Å²) in [6.45, 7) is -0.0971. The summed E-state index contributed by atoms with van der Waals surface area (Å²) in [7, 11) is -3.80. The van der Waals surface area contributed by atoms with Crippen molar-refractivity contribution in [2.45, 2.75) is 13.2 Å². The molecule has 0 spiro atoms. The molecule has 28 heavy (non-hydrogen) atoms. The van der Waals surface area contributed by atoms with E-state index < -0.39 is 28.0 Å². The molecule has 0 saturated carbocycles. The van der Waals surface area contributed by atoms with Crippen LogP contribution in [-0.4, -0.2) is 34.9 Å². The van der Waals surface area contributed by atoms with Crippen molar-refractivity contribution in [1.82, 2.24) is 9.03 Å². The highest BCUT2D eigenvalue weighted by atomic mass is 32.2. The van der Waals surface area contributed by atoms with Gasteiger partial charge in [-0.05, 0) is 35.4 Å². The minimum absolute atomic E-state index is 0.0172. The fraction of sp³-hybridized carbons (Fsp3) is 0.111. The number of aliphatic hydroxyl groups is 1. The highest BCUT2D eigenvalue weighted by Crippen LogP contribution is 2.16. The van der Waals surface area contributed by atoms with E-state index in [4.69, 9.17) is 9.84 Å². The van der Waals surface area contributed by atoms with E-state index in [1.54, 1.807) is 24.3 Å². The van der Waals surface area contributed by atoms with Gasteiger partial charge in [0.1, 0.15) is 6.61 Å². The summed E-state index contributed by atoms with van der Waals surface area (Å²) < 4.78 is 31.5. The van der Waals surface area contributed by atoms with Crippen LogP contribution in [0.4, 0.5) is 0 Å². The largest absolute Gasteiger partial charge is 0.493 e. The topological polar surface area (TPSA) is 133 Å². The molecule has 2 aromatic carbocycles. The summed E-state index contributed by atoms with van der Waals surface area (Å²) in [5.74, 6) is -2.13. The van der Waals surface area contributed by atoms with Gasteiger partial charge in [-0.2, -0.15) is 8.42 Å². The molecule has 9 nitrogen and oxygen atoms in total. The first-order valence-corrected chi connectivity index (χ1v) is 9.47. The highest BCUT2D eigenvalue weighted by Gasteiger charge is 2.27. The molecule has 0 aromatic heterocycles. The van der Waals surface area contributed by atoms with Gasteiger partial charge in [0.2, 0.25) is 5.88 Å². The molecule has 0 atom stereocenters. The Morgan fingerprint density at radius 3 is 2.36 bits per heavy atom. The van der Waals surface area contributed by atoms with Crippen LogP contribution in [0.3, 0.4) is 0 Å². The summed E-state index contributed by atoms with van der Waals surface area (Å²) in [5.41, 5.74) is 1.51. The smallest absolute Gasteiger partial charge is 0.338 e. The van der Waals surface area contributed by atoms with Crippen LogP contribution in [0.1, 0.15) is 31.8 Å². The average Bonchev–Trinajstić information content (AvgIpc) is 2.91. The summed E-state index contributed by atoms with van der Waals surface area (Å²) in [6.07, 6.45) is 1.06. The summed E-state index contributed by atoms with van der Waals surface area (Å²) in [6, 6.07) is 12.2. The van der Waals surface area contributed by atoms with Crippen molar-refractivity contribution < 1.29 is 33.0 Å². The maximum Gasteiger partial charge on any atom is 0.338 e. The van der Waals surface area contributed by atoms with Gasteiger partial charge >= 0.3 is 22.1 Å². The Kier molecular flexibility index (Phi) is 5.23. The third-order valence-electron chi connectivity index (χ3n) is 3.88. The van der Waals surface area contributed by atoms with Gasteiger partial charge in [0, 0.05) is 0 Å². The van der Waals surface area contributed by atoms with Crippen molar-refractivity contribution in [2.24, 2.45) is 0 Å². The zero-order valence-electron chi connectivity index (χ0n) is 14.4. The molecule has 0 bridgehead atoms. The first kappa shape index (κ1) is 19.2. The van der Waals surface area contributed by atoms with Crippen molar-refractivity contribution >= 4 is 22.1 Å². The van der Waals surface area contributed by atoms with Crippen LogP contribution in [0.5, 0.6) is 0 Å². The van der Waals surface area contributed by atoms with Crippen molar-refractivity contribution in [1.29, 1.82) is 0 Å². The molecule has 1 aliphatic heterocycles. The molecule has 0 aliphatic carbocycles. The quantitative estimate of drug-likeness (QED) is 0.625. The van der Waals surface area contributed by atoms with Crippen LogP contribution in [0.25, 0.3) is 0 Å². The number of ether oxygens (including phenoxy) is 1. The lowest BCUT2D eigenvalue weighted by Crippen LogP contribution is -2.29. The van der Waals surface area contributed by atoms with Gasteiger partial charge < -0.3 is 14.9 Å². The summed E-state index contributed by atoms with van der Waals surface area (Å²) in [5, 5.41) is 18.2. The van der Waals surface area contributed by atoms with Crippen molar-refractivity contribution in [3.05, 3.63) is 82.9 Å². The van der Waals surface area contributed by atoms with E-state index in [2.05, 4.69) is 0 Å². The van der Waals surface area contributed by atoms with Crippen molar-refractivity contribution in [3.63, 3.8) is 0 Å². The maximum atomic E-state index is 12.1. The number of nitrogens with one attached hydrogen (secondary N) is 1.